The number of aryl methyl sites for hydroxylation is 2. The number of anilines is 2. The number of carbonyl (C=O) groups excluding carboxylic acids is 2. The SMILES string of the molecule is CCOC1(OC)CCN(c2ccc(C)c(C(=O)Nc3c(C)ccc(C(=O)OC)c3C)c2)CC1. The highest BCUT2D eigenvalue weighted by Gasteiger charge is 2.35. The van der Waals surface area contributed by atoms with Gasteiger partial charge in [0, 0.05) is 56.6 Å². The quantitative estimate of drug-likeness (QED) is 0.486. The van der Waals surface area contributed by atoms with Gasteiger partial charge in [0.05, 0.1) is 12.7 Å². The molecular formula is C26H34N2O5. The third-order valence-electron chi connectivity index (χ3n) is 6.45. The van der Waals surface area contributed by atoms with Gasteiger partial charge >= 0.3 is 5.97 Å². The van der Waals surface area contributed by atoms with E-state index in [1.807, 2.05) is 52.0 Å². The molecule has 2 aromatic carbocycles. The maximum absolute atomic E-state index is 13.3. The van der Waals surface area contributed by atoms with E-state index in [9.17, 15) is 9.59 Å². The van der Waals surface area contributed by atoms with Crippen molar-refractivity contribution >= 4 is 23.3 Å². The zero-order valence-corrected chi connectivity index (χ0v) is 20.4. The van der Waals surface area contributed by atoms with Crippen LogP contribution >= 0.6 is 0 Å². The first-order valence-corrected chi connectivity index (χ1v) is 11.3. The number of piperidine rings is 1. The second kappa shape index (κ2) is 10.4. The zero-order valence-electron chi connectivity index (χ0n) is 20.4. The van der Waals surface area contributed by atoms with Gasteiger partial charge in [-0.05, 0) is 62.6 Å². The molecule has 1 saturated heterocycles. The average Bonchev–Trinajstić information content (AvgIpc) is 2.82. The van der Waals surface area contributed by atoms with Crippen LogP contribution in [0.25, 0.3) is 0 Å². The Kier molecular flexibility index (Phi) is 7.76. The second-order valence-electron chi connectivity index (χ2n) is 8.41. The topological polar surface area (TPSA) is 77.1 Å². The van der Waals surface area contributed by atoms with E-state index in [1.54, 1.807) is 13.2 Å². The monoisotopic (exact) mass is 454 g/mol. The molecule has 0 bridgehead atoms. The summed E-state index contributed by atoms with van der Waals surface area (Å²) in [6.45, 7) is 9.77. The average molecular weight is 455 g/mol. The van der Waals surface area contributed by atoms with E-state index in [4.69, 9.17) is 14.2 Å². The number of ether oxygens (including phenoxy) is 3. The lowest BCUT2D eigenvalue weighted by molar-refractivity contribution is -0.230. The molecule has 1 N–H and O–H groups in total. The molecule has 1 aliphatic rings. The molecule has 0 radical (unpaired) electrons. The molecule has 7 heteroatoms. The Morgan fingerprint density at radius 3 is 2.27 bits per heavy atom. The van der Waals surface area contributed by atoms with Crippen molar-refractivity contribution in [1.82, 2.24) is 0 Å². The summed E-state index contributed by atoms with van der Waals surface area (Å²) < 4.78 is 16.4. The summed E-state index contributed by atoms with van der Waals surface area (Å²) in [6, 6.07) is 9.47. The predicted molar refractivity (Wildman–Crippen MR) is 129 cm³/mol. The molecule has 3 rings (SSSR count). The molecule has 0 atom stereocenters. The molecule has 0 aromatic heterocycles. The molecule has 0 saturated carbocycles. The van der Waals surface area contributed by atoms with Crippen molar-refractivity contribution in [1.29, 1.82) is 0 Å². The van der Waals surface area contributed by atoms with E-state index in [0.29, 0.717) is 29.0 Å². The van der Waals surface area contributed by atoms with Crippen molar-refractivity contribution in [3.8, 4) is 0 Å². The minimum Gasteiger partial charge on any atom is -0.465 e. The van der Waals surface area contributed by atoms with Crippen LogP contribution in [0, 0.1) is 20.8 Å². The smallest absolute Gasteiger partial charge is 0.338 e. The summed E-state index contributed by atoms with van der Waals surface area (Å²) in [7, 11) is 3.04. The number of nitrogens with zero attached hydrogens (tertiary/aromatic N) is 1. The van der Waals surface area contributed by atoms with Gasteiger partial charge in [-0.3, -0.25) is 4.79 Å². The number of amides is 1. The molecule has 0 unspecified atom stereocenters. The Balaban J connectivity index is 1.82. The van der Waals surface area contributed by atoms with Crippen LogP contribution in [0.2, 0.25) is 0 Å². The number of hydrogen-bond donors (Lipinski definition) is 1. The van der Waals surface area contributed by atoms with Crippen LogP contribution in [0.1, 0.15) is 57.2 Å². The summed E-state index contributed by atoms with van der Waals surface area (Å²) in [6.07, 6.45) is 1.51. The molecule has 1 fully saturated rings. The van der Waals surface area contributed by atoms with E-state index in [0.717, 1.165) is 42.7 Å². The maximum Gasteiger partial charge on any atom is 0.338 e. The van der Waals surface area contributed by atoms with Crippen LogP contribution in [0.3, 0.4) is 0 Å². The van der Waals surface area contributed by atoms with Crippen LogP contribution in [-0.4, -0.2) is 51.6 Å². The van der Waals surface area contributed by atoms with E-state index in [-0.39, 0.29) is 5.91 Å². The highest BCUT2D eigenvalue weighted by Crippen LogP contribution is 2.31. The molecule has 0 spiro atoms. The van der Waals surface area contributed by atoms with Crippen molar-refractivity contribution < 1.29 is 23.8 Å². The molecule has 0 aliphatic carbocycles. The van der Waals surface area contributed by atoms with Gasteiger partial charge in [0.1, 0.15) is 0 Å². The Morgan fingerprint density at radius 2 is 1.67 bits per heavy atom. The molecule has 33 heavy (non-hydrogen) atoms. The fourth-order valence-electron chi connectivity index (χ4n) is 4.38. The lowest BCUT2D eigenvalue weighted by atomic mass is 10.00. The van der Waals surface area contributed by atoms with Crippen LogP contribution < -0.4 is 10.2 Å². The molecule has 178 valence electrons. The Labute approximate surface area is 196 Å². The van der Waals surface area contributed by atoms with E-state index < -0.39 is 11.8 Å². The lowest BCUT2D eigenvalue weighted by Crippen LogP contribution is -2.47. The number of methoxy groups -OCH3 is 2. The third kappa shape index (κ3) is 5.20. The first kappa shape index (κ1) is 24.7. The third-order valence-corrected chi connectivity index (χ3v) is 6.45. The fraction of sp³-hybridized carbons (Fsp3) is 0.462. The zero-order chi connectivity index (χ0) is 24.2. The predicted octanol–water partition coefficient (Wildman–Crippen LogP) is 4.63. The van der Waals surface area contributed by atoms with Gasteiger partial charge in [-0.25, -0.2) is 4.79 Å². The summed E-state index contributed by atoms with van der Waals surface area (Å²) in [5, 5.41) is 3.02. The van der Waals surface area contributed by atoms with Crippen molar-refractivity contribution in [2.24, 2.45) is 0 Å². The normalized spacial score (nSPS) is 15.3. The van der Waals surface area contributed by atoms with Crippen molar-refractivity contribution in [3.63, 3.8) is 0 Å². The summed E-state index contributed by atoms with van der Waals surface area (Å²) in [4.78, 5) is 27.6. The minimum atomic E-state index is -0.532. The number of carbonyl (C=O) groups is 2. The number of benzene rings is 2. The molecule has 7 nitrogen and oxygen atoms in total. The number of rotatable bonds is 7. The maximum atomic E-state index is 13.3. The summed E-state index contributed by atoms with van der Waals surface area (Å²) in [5.74, 6) is -1.17. The van der Waals surface area contributed by atoms with Crippen molar-refractivity contribution in [2.75, 3.05) is 44.1 Å². The largest absolute Gasteiger partial charge is 0.465 e. The van der Waals surface area contributed by atoms with Gasteiger partial charge in [0.25, 0.3) is 5.91 Å². The van der Waals surface area contributed by atoms with Crippen LogP contribution in [0.4, 0.5) is 11.4 Å². The molecule has 2 aromatic rings. The van der Waals surface area contributed by atoms with Gasteiger partial charge < -0.3 is 24.4 Å². The summed E-state index contributed by atoms with van der Waals surface area (Å²) >= 11 is 0. The van der Waals surface area contributed by atoms with Crippen molar-refractivity contribution in [2.45, 2.75) is 46.3 Å². The van der Waals surface area contributed by atoms with Crippen molar-refractivity contribution in [3.05, 3.63) is 58.1 Å². The minimum absolute atomic E-state index is 0.208. The second-order valence-corrected chi connectivity index (χ2v) is 8.41. The van der Waals surface area contributed by atoms with Gasteiger partial charge in [-0.2, -0.15) is 0 Å². The summed E-state index contributed by atoms with van der Waals surface area (Å²) in [5.41, 5.74) is 5.11. The molecular weight excluding hydrogens is 420 g/mol. The number of nitrogens with one attached hydrogen (secondary N) is 1. The highest BCUT2D eigenvalue weighted by atomic mass is 16.7. The van der Waals surface area contributed by atoms with E-state index >= 15 is 0 Å². The van der Waals surface area contributed by atoms with E-state index in [1.165, 1.54) is 7.11 Å². The Morgan fingerprint density at radius 1 is 1.00 bits per heavy atom. The van der Waals surface area contributed by atoms with Crippen LogP contribution in [-0.2, 0) is 14.2 Å². The Bertz CT molecular complexity index is 1030. The highest BCUT2D eigenvalue weighted by molar-refractivity contribution is 6.07. The van der Waals surface area contributed by atoms with Crippen LogP contribution in [0.5, 0.6) is 0 Å². The van der Waals surface area contributed by atoms with Crippen LogP contribution in [0.15, 0.2) is 30.3 Å². The molecule has 1 aliphatic heterocycles. The number of esters is 1. The fourth-order valence-corrected chi connectivity index (χ4v) is 4.38. The van der Waals surface area contributed by atoms with Gasteiger partial charge in [0.15, 0.2) is 5.79 Å². The molecule has 1 heterocycles. The van der Waals surface area contributed by atoms with E-state index in [2.05, 4.69) is 10.2 Å². The molecule has 1 amide bonds. The lowest BCUT2D eigenvalue weighted by Gasteiger charge is -2.41. The first-order valence-electron chi connectivity index (χ1n) is 11.3. The Hall–Kier alpha value is -2.90. The first-order chi connectivity index (χ1) is 15.7. The number of hydrogen-bond acceptors (Lipinski definition) is 6. The van der Waals surface area contributed by atoms with Gasteiger partial charge in [-0.15, -0.1) is 0 Å². The van der Waals surface area contributed by atoms with Gasteiger partial charge in [-0.1, -0.05) is 12.1 Å². The standard InChI is InChI=1S/C26H34N2O5/c1-7-33-26(32-6)12-14-28(15-13-26)20-10-8-17(2)22(16-20)24(29)27-23-18(3)9-11-21(19(23)4)25(30)31-5/h8-11,16H,7,12-15H2,1-6H3,(H,27,29). The van der Waals surface area contributed by atoms with Gasteiger partial charge in [0.2, 0.25) is 0 Å².